The summed E-state index contributed by atoms with van der Waals surface area (Å²) < 4.78 is 1.25. The molecule has 2 fully saturated rings. The van der Waals surface area contributed by atoms with Crippen LogP contribution in [0.1, 0.15) is 43.2 Å². The molecule has 1 aromatic carbocycles. The maximum atomic E-state index is 12.6. The molecule has 3 heterocycles. The first-order valence-electron chi connectivity index (χ1n) is 8.68. The van der Waals surface area contributed by atoms with Gasteiger partial charge in [-0.05, 0) is 50.8 Å². The van der Waals surface area contributed by atoms with Crippen LogP contribution in [-0.4, -0.2) is 46.9 Å². The van der Waals surface area contributed by atoms with Crippen molar-refractivity contribution in [3.63, 3.8) is 0 Å². The van der Waals surface area contributed by atoms with E-state index in [1.165, 1.54) is 16.1 Å². The lowest BCUT2D eigenvalue weighted by molar-refractivity contribution is -0.133. The summed E-state index contributed by atoms with van der Waals surface area (Å²) in [7, 11) is 0. The zero-order valence-electron chi connectivity index (χ0n) is 13.4. The first-order chi connectivity index (χ1) is 11.3. The van der Waals surface area contributed by atoms with E-state index in [2.05, 4.69) is 28.0 Å². The molecule has 0 saturated carbocycles. The van der Waals surface area contributed by atoms with Crippen molar-refractivity contribution in [2.45, 2.75) is 38.1 Å². The molecule has 1 amide bonds. The van der Waals surface area contributed by atoms with E-state index in [-0.39, 0.29) is 0 Å². The highest BCUT2D eigenvalue weighted by molar-refractivity contribution is 7.18. The minimum absolute atomic E-state index is 0.303. The van der Waals surface area contributed by atoms with Gasteiger partial charge in [0.1, 0.15) is 5.01 Å². The van der Waals surface area contributed by atoms with Crippen LogP contribution in [0.3, 0.4) is 0 Å². The Labute approximate surface area is 141 Å². The zero-order valence-corrected chi connectivity index (χ0v) is 14.2. The number of likely N-dealkylation sites (tertiary alicyclic amines) is 2. The van der Waals surface area contributed by atoms with Crippen molar-refractivity contribution in [1.82, 2.24) is 14.8 Å². The third-order valence-electron chi connectivity index (χ3n) is 5.01. The normalized spacial score (nSPS) is 22.8. The van der Waals surface area contributed by atoms with Crippen molar-refractivity contribution >= 4 is 27.5 Å². The summed E-state index contributed by atoms with van der Waals surface area (Å²) in [5, 5.41) is 1.18. The Bertz CT molecular complexity index is 659. The molecule has 1 aromatic heterocycles. The van der Waals surface area contributed by atoms with Crippen LogP contribution in [0.15, 0.2) is 24.3 Å². The molecule has 2 aliphatic rings. The van der Waals surface area contributed by atoms with E-state index in [0.29, 0.717) is 18.5 Å². The second-order valence-electron chi connectivity index (χ2n) is 6.59. The molecular weight excluding hydrogens is 306 g/mol. The van der Waals surface area contributed by atoms with E-state index in [1.807, 2.05) is 6.07 Å². The van der Waals surface area contributed by atoms with Crippen molar-refractivity contribution in [2.24, 2.45) is 0 Å². The molecule has 0 aliphatic carbocycles. The molecule has 122 valence electrons. The van der Waals surface area contributed by atoms with Crippen LogP contribution < -0.4 is 0 Å². The van der Waals surface area contributed by atoms with Crippen LogP contribution in [0.2, 0.25) is 0 Å². The average molecular weight is 329 g/mol. The number of benzene rings is 1. The van der Waals surface area contributed by atoms with Gasteiger partial charge in [0.25, 0.3) is 0 Å². The van der Waals surface area contributed by atoms with E-state index in [0.717, 1.165) is 50.8 Å². The van der Waals surface area contributed by atoms with Crippen LogP contribution in [0.4, 0.5) is 0 Å². The van der Waals surface area contributed by atoms with Crippen LogP contribution in [0.25, 0.3) is 10.2 Å². The van der Waals surface area contributed by atoms with Gasteiger partial charge in [-0.3, -0.25) is 9.69 Å². The summed E-state index contributed by atoms with van der Waals surface area (Å²) >= 11 is 1.78. The first-order valence-corrected chi connectivity index (χ1v) is 9.50. The number of hydrogen-bond acceptors (Lipinski definition) is 4. The number of rotatable bonds is 3. The summed E-state index contributed by atoms with van der Waals surface area (Å²) in [6, 6.07) is 8.64. The van der Waals surface area contributed by atoms with E-state index in [1.54, 1.807) is 11.3 Å². The Morgan fingerprint density at radius 3 is 2.78 bits per heavy atom. The fraction of sp³-hybridized carbons (Fsp3) is 0.556. The minimum Gasteiger partial charge on any atom is -0.342 e. The van der Waals surface area contributed by atoms with Crippen LogP contribution in [0, 0.1) is 0 Å². The molecule has 1 atom stereocenters. The predicted molar refractivity (Wildman–Crippen MR) is 93.6 cm³/mol. The van der Waals surface area contributed by atoms with Crippen LogP contribution in [0.5, 0.6) is 0 Å². The Morgan fingerprint density at radius 1 is 1.13 bits per heavy atom. The van der Waals surface area contributed by atoms with Gasteiger partial charge in [-0.2, -0.15) is 0 Å². The van der Waals surface area contributed by atoms with Gasteiger partial charge in [-0.15, -0.1) is 11.3 Å². The quantitative estimate of drug-likeness (QED) is 0.865. The number of fused-ring (bicyclic) bond motifs is 1. The third-order valence-corrected chi connectivity index (χ3v) is 6.14. The van der Waals surface area contributed by atoms with E-state index in [9.17, 15) is 4.79 Å². The number of para-hydroxylation sites is 1. The van der Waals surface area contributed by atoms with Crippen molar-refractivity contribution in [2.75, 3.05) is 26.2 Å². The maximum Gasteiger partial charge on any atom is 0.236 e. The third kappa shape index (κ3) is 3.12. The maximum absolute atomic E-state index is 12.6. The number of amides is 1. The summed E-state index contributed by atoms with van der Waals surface area (Å²) in [5.74, 6) is 0.303. The van der Waals surface area contributed by atoms with Crippen molar-refractivity contribution in [3.05, 3.63) is 29.3 Å². The topological polar surface area (TPSA) is 36.4 Å². The van der Waals surface area contributed by atoms with Gasteiger partial charge >= 0.3 is 0 Å². The first kappa shape index (κ1) is 15.1. The van der Waals surface area contributed by atoms with Crippen molar-refractivity contribution in [1.29, 1.82) is 0 Å². The van der Waals surface area contributed by atoms with Crippen LogP contribution in [-0.2, 0) is 4.79 Å². The van der Waals surface area contributed by atoms with Gasteiger partial charge in [0.05, 0.1) is 22.8 Å². The molecule has 1 unspecified atom stereocenters. The summed E-state index contributed by atoms with van der Waals surface area (Å²) in [6.45, 7) is 3.46. The number of carbonyl (C=O) groups is 1. The van der Waals surface area contributed by atoms with E-state index >= 15 is 0 Å². The second kappa shape index (κ2) is 6.57. The Kier molecular flexibility index (Phi) is 4.31. The molecule has 4 nitrogen and oxygen atoms in total. The smallest absolute Gasteiger partial charge is 0.236 e. The van der Waals surface area contributed by atoms with Gasteiger partial charge in [0.15, 0.2) is 0 Å². The number of carbonyl (C=O) groups excluding carboxylic acids is 1. The van der Waals surface area contributed by atoms with Gasteiger partial charge < -0.3 is 4.90 Å². The molecule has 0 spiro atoms. The molecule has 0 N–H and O–H groups in total. The molecule has 5 heteroatoms. The monoisotopic (exact) mass is 329 g/mol. The molecule has 4 rings (SSSR count). The van der Waals surface area contributed by atoms with Crippen molar-refractivity contribution < 1.29 is 4.79 Å². The number of hydrogen-bond donors (Lipinski definition) is 0. The van der Waals surface area contributed by atoms with E-state index in [4.69, 9.17) is 4.98 Å². The second-order valence-corrected chi connectivity index (χ2v) is 7.65. The van der Waals surface area contributed by atoms with Crippen LogP contribution >= 0.6 is 11.3 Å². The fourth-order valence-corrected chi connectivity index (χ4v) is 4.88. The van der Waals surface area contributed by atoms with Gasteiger partial charge in [0, 0.05) is 13.1 Å². The summed E-state index contributed by atoms with van der Waals surface area (Å²) in [5.41, 5.74) is 1.08. The number of piperidine rings is 1. The predicted octanol–water partition coefficient (Wildman–Crippen LogP) is 3.45. The number of aromatic nitrogens is 1. The van der Waals surface area contributed by atoms with Gasteiger partial charge in [-0.25, -0.2) is 4.98 Å². The Morgan fingerprint density at radius 2 is 1.96 bits per heavy atom. The molecule has 0 bridgehead atoms. The summed E-state index contributed by atoms with van der Waals surface area (Å²) in [4.78, 5) is 21.8. The lowest BCUT2D eigenvalue weighted by Gasteiger charge is -2.30. The minimum atomic E-state index is 0.303. The Hall–Kier alpha value is -1.46. The zero-order chi connectivity index (χ0) is 15.6. The lowest BCUT2D eigenvalue weighted by atomic mass is 10.1. The highest BCUT2D eigenvalue weighted by Gasteiger charge is 2.31. The largest absolute Gasteiger partial charge is 0.342 e. The highest BCUT2D eigenvalue weighted by atomic mass is 32.1. The number of nitrogens with zero attached hydrogens (tertiary/aromatic N) is 3. The molecular formula is C18H23N3OS. The van der Waals surface area contributed by atoms with E-state index < -0.39 is 0 Å². The molecule has 0 radical (unpaired) electrons. The average Bonchev–Trinajstić information content (AvgIpc) is 3.21. The fourth-order valence-electron chi connectivity index (χ4n) is 3.74. The SMILES string of the molecule is O=C(CN1CCCC1c1nc2ccccc2s1)N1CCCCC1. The van der Waals surface area contributed by atoms with Gasteiger partial charge in [0.2, 0.25) is 5.91 Å². The summed E-state index contributed by atoms with van der Waals surface area (Å²) in [6.07, 6.45) is 5.86. The molecule has 23 heavy (non-hydrogen) atoms. The lowest BCUT2D eigenvalue weighted by Crippen LogP contribution is -2.42. The molecule has 2 saturated heterocycles. The molecule has 2 aliphatic heterocycles. The molecule has 2 aromatic rings. The highest BCUT2D eigenvalue weighted by Crippen LogP contribution is 2.36. The number of thiazole rings is 1. The Balaban J connectivity index is 1.48. The standard InChI is InChI=1S/C18H23N3OS/c22-17(20-10-4-1-5-11-20)13-21-12-6-8-15(21)18-19-14-7-2-3-9-16(14)23-18/h2-3,7,9,15H,1,4-6,8,10-13H2. The van der Waals surface area contributed by atoms with Gasteiger partial charge in [-0.1, -0.05) is 12.1 Å². The van der Waals surface area contributed by atoms with Crippen molar-refractivity contribution in [3.8, 4) is 0 Å².